The lowest BCUT2D eigenvalue weighted by Gasteiger charge is -1.98. The molecule has 2 heterocycles. The van der Waals surface area contributed by atoms with Crippen LogP contribution in [0.4, 0.5) is 0 Å². The van der Waals surface area contributed by atoms with E-state index in [1.807, 2.05) is 12.1 Å². The van der Waals surface area contributed by atoms with Gasteiger partial charge in [-0.25, -0.2) is 9.50 Å². The fourth-order valence-electron chi connectivity index (χ4n) is 1.14. The topological polar surface area (TPSA) is 73.3 Å². The van der Waals surface area contributed by atoms with Gasteiger partial charge in [-0.05, 0) is 28.1 Å². The molecule has 2 N–H and O–H groups in total. The number of amides is 1. The number of carbonyl (C=O) groups excluding carboxylic acids is 1. The van der Waals surface area contributed by atoms with Crippen LogP contribution >= 0.6 is 15.9 Å². The minimum Gasteiger partial charge on any atom is -0.369 e. The predicted molar refractivity (Wildman–Crippen MR) is 53.6 cm³/mol. The zero-order chi connectivity index (χ0) is 10.1. The van der Waals surface area contributed by atoms with Gasteiger partial charge in [-0.2, -0.15) is 5.10 Å². The number of primary amides is 1. The van der Waals surface area contributed by atoms with Crippen molar-refractivity contribution in [1.82, 2.24) is 14.6 Å². The van der Waals surface area contributed by atoms with E-state index in [1.54, 1.807) is 10.7 Å². The molecule has 0 aliphatic rings. The van der Waals surface area contributed by atoms with Gasteiger partial charge < -0.3 is 5.73 Å². The standard InChI is InChI=1S/C8H7BrN4O/c9-6-2-1-5-4-11-8(3-7(10)14)12-13(5)6/h1-2,4H,3H2,(H2,10,14). The van der Waals surface area contributed by atoms with Crippen LogP contribution in [0, 0.1) is 0 Å². The molecule has 0 radical (unpaired) electrons. The minimum absolute atomic E-state index is 0.0561. The number of carbonyl (C=O) groups is 1. The molecule has 14 heavy (non-hydrogen) atoms. The smallest absolute Gasteiger partial charge is 0.225 e. The van der Waals surface area contributed by atoms with Crippen LogP contribution in [-0.2, 0) is 11.2 Å². The number of hydrogen-bond acceptors (Lipinski definition) is 3. The summed E-state index contributed by atoms with van der Waals surface area (Å²) < 4.78 is 2.48. The first-order valence-corrected chi connectivity index (χ1v) is 4.73. The highest BCUT2D eigenvalue weighted by molar-refractivity contribution is 9.10. The molecule has 0 aromatic carbocycles. The summed E-state index contributed by atoms with van der Waals surface area (Å²) in [5, 5.41) is 4.13. The monoisotopic (exact) mass is 254 g/mol. The zero-order valence-corrected chi connectivity index (χ0v) is 8.73. The normalized spacial score (nSPS) is 10.6. The Morgan fingerprint density at radius 2 is 2.36 bits per heavy atom. The Labute approximate surface area is 88.1 Å². The number of hydrogen-bond donors (Lipinski definition) is 1. The number of nitrogens with two attached hydrogens (primary N) is 1. The van der Waals surface area contributed by atoms with Crippen molar-refractivity contribution in [2.75, 3.05) is 0 Å². The molecule has 0 unspecified atom stereocenters. The molecule has 0 bridgehead atoms. The first kappa shape index (κ1) is 9.14. The lowest BCUT2D eigenvalue weighted by molar-refractivity contribution is -0.117. The van der Waals surface area contributed by atoms with Gasteiger partial charge in [-0.15, -0.1) is 0 Å². The number of rotatable bonds is 2. The fraction of sp³-hybridized carbons (Fsp3) is 0.125. The van der Waals surface area contributed by atoms with Crippen molar-refractivity contribution in [2.45, 2.75) is 6.42 Å². The molecular formula is C8H7BrN4O. The molecule has 5 nitrogen and oxygen atoms in total. The summed E-state index contributed by atoms with van der Waals surface area (Å²) in [7, 11) is 0. The third-order valence-electron chi connectivity index (χ3n) is 1.73. The zero-order valence-electron chi connectivity index (χ0n) is 7.14. The number of fused-ring (bicyclic) bond motifs is 1. The summed E-state index contributed by atoms with van der Waals surface area (Å²) >= 11 is 3.32. The number of nitrogens with zero attached hydrogens (tertiary/aromatic N) is 3. The van der Waals surface area contributed by atoms with Crippen molar-refractivity contribution in [1.29, 1.82) is 0 Å². The third kappa shape index (κ3) is 1.60. The van der Waals surface area contributed by atoms with E-state index in [4.69, 9.17) is 5.73 Å². The van der Waals surface area contributed by atoms with E-state index in [9.17, 15) is 4.79 Å². The maximum atomic E-state index is 10.6. The summed E-state index contributed by atoms with van der Waals surface area (Å²) in [5.74, 6) is -0.0190. The van der Waals surface area contributed by atoms with Crippen LogP contribution in [0.2, 0.25) is 0 Å². The molecule has 2 aromatic heterocycles. The first-order chi connectivity index (χ1) is 6.66. The second-order valence-corrected chi connectivity index (χ2v) is 3.62. The van der Waals surface area contributed by atoms with Crippen LogP contribution in [0.5, 0.6) is 0 Å². The maximum Gasteiger partial charge on any atom is 0.225 e. The molecule has 0 saturated carbocycles. The van der Waals surface area contributed by atoms with Gasteiger partial charge in [0, 0.05) is 0 Å². The summed E-state index contributed by atoms with van der Waals surface area (Å²) in [4.78, 5) is 14.7. The van der Waals surface area contributed by atoms with Gasteiger partial charge >= 0.3 is 0 Å². The highest BCUT2D eigenvalue weighted by atomic mass is 79.9. The lowest BCUT2D eigenvalue weighted by Crippen LogP contribution is -2.16. The Hall–Kier alpha value is -1.43. The quantitative estimate of drug-likeness (QED) is 0.850. The van der Waals surface area contributed by atoms with Crippen molar-refractivity contribution < 1.29 is 4.79 Å². The third-order valence-corrected chi connectivity index (χ3v) is 2.33. The molecule has 1 amide bonds. The molecule has 72 valence electrons. The van der Waals surface area contributed by atoms with Crippen LogP contribution in [-0.4, -0.2) is 20.5 Å². The lowest BCUT2D eigenvalue weighted by atomic mass is 10.4. The second kappa shape index (κ2) is 3.38. The summed E-state index contributed by atoms with van der Waals surface area (Å²) in [5.41, 5.74) is 5.91. The van der Waals surface area contributed by atoms with Gasteiger partial charge in [0.05, 0.1) is 18.1 Å². The Bertz CT molecular complexity index is 493. The van der Waals surface area contributed by atoms with Crippen molar-refractivity contribution >= 4 is 27.4 Å². The largest absolute Gasteiger partial charge is 0.369 e. The van der Waals surface area contributed by atoms with Crippen molar-refractivity contribution in [3.63, 3.8) is 0 Å². The Morgan fingerprint density at radius 1 is 1.57 bits per heavy atom. The van der Waals surface area contributed by atoms with Gasteiger partial charge in [0.2, 0.25) is 5.91 Å². The Morgan fingerprint density at radius 3 is 3.07 bits per heavy atom. The van der Waals surface area contributed by atoms with Crippen LogP contribution in [0.25, 0.3) is 5.52 Å². The maximum absolute atomic E-state index is 10.6. The number of halogens is 1. The van der Waals surface area contributed by atoms with E-state index in [-0.39, 0.29) is 6.42 Å². The van der Waals surface area contributed by atoms with E-state index in [2.05, 4.69) is 26.0 Å². The van der Waals surface area contributed by atoms with Gasteiger partial charge in [-0.3, -0.25) is 4.79 Å². The molecule has 0 aliphatic heterocycles. The van der Waals surface area contributed by atoms with Gasteiger partial charge in [-0.1, -0.05) is 0 Å². The first-order valence-electron chi connectivity index (χ1n) is 3.94. The van der Waals surface area contributed by atoms with E-state index in [0.29, 0.717) is 5.82 Å². The fourth-order valence-corrected chi connectivity index (χ4v) is 1.56. The van der Waals surface area contributed by atoms with Crippen molar-refractivity contribution in [3.8, 4) is 0 Å². The molecule has 0 saturated heterocycles. The molecule has 0 fully saturated rings. The van der Waals surface area contributed by atoms with Crippen LogP contribution < -0.4 is 5.73 Å². The molecule has 0 aliphatic carbocycles. The Kier molecular flexibility index (Phi) is 2.20. The second-order valence-electron chi connectivity index (χ2n) is 2.81. The molecule has 0 spiro atoms. The van der Waals surface area contributed by atoms with E-state index < -0.39 is 5.91 Å². The highest BCUT2D eigenvalue weighted by Crippen LogP contribution is 2.13. The molecular weight excluding hydrogens is 248 g/mol. The highest BCUT2D eigenvalue weighted by Gasteiger charge is 2.05. The summed E-state index contributed by atoms with van der Waals surface area (Å²) in [6.07, 6.45) is 1.70. The number of aromatic nitrogens is 3. The van der Waals surface area contributed by atoms with Gasteiger partial charge in [0.1, 0.15) is 4.60 Å². The van der Waals surface area contributed by atoms with Crippen LogP contribution in [0.15, 0.2) is 22.9 Å². The SMILES string of the molecule is NC(=O)Cc1ncc2ccc(Br)n2n1. The molecule has 2 aromatic rings. The summed E-state index contributed by atoms with van der Waals surface area (Å²) in [6.45, 7) is 0. The van der Waals surface area contributed by atoms with Crippen LogP contribution in [0.1, 0.15) is 5.82 Å². The molecule has 0 atom stereocenters. The Balaban J connectivity index is 2.49. The van der Waals surface area contributed by atoms with Gasteiger partial charge in [0.25, 0.3) is 0 Å². The van der Waals surface area contributed by atoms with Gasteiger partial charge in [0.15, 0.2) is 5.82 Å². The average Bonchev–Trinajstić information content (AvgIpc) is 2.47. The van der Waals surface area contributed by atoms with E-state index >= 15 is 0 Å². The van der Waals surface area contributed by atoms with Crippen molar-refractivity contribution in [3.05, 3.63) is 28.8 Å². The van der Waals surface area contributed by atoms with Crippen LogP contribution in [0.3, 0.4) is 0 Å². The molecule has 2 rings (SSSR count). The predicted octanol–water partition coefficient (Wildman–Crippen LogP) is 0.520. The van der Waals surface area contributed by atoms with E-state index in [1.165, 1.54) is 0 Å². The molecule has 6 heteroatoms. The van der Waals surface area contributed by atoms with Crippen molar-refractivity contribution in [2.24, 2.45) is 5.73 Å². The minimum atomic E-state index is -0.437. The summed E-state index contributed by atoms with van der Waals surface area (Å²) in [6, 6.07) is 3.73. The van der Waals surface area contributed by atoms with E-state index in [0.717, 1.165) is 10.1 Å². The average molecular weight is 255 g/mol.